The first kappa shape index (κ1) is 15.4. The first-order valence-electron chi connectivity index (χ1n) is 5.61. The molecule has 100 valence electrons. The molecule has 0 spiro atoms. The molecule has 1 N–H and O–H groups in total. The highest BCUT2D eigenvalue weighted by Gasteiger charge is 2.16. The van der Waals surface area contributed by atoms with E-state index in [1.165, 1.54) is 0 Å². The summed E-state index contributed by atoms with van der Waals surface area (Å²) in [6.45, 7) is 3.84. The van der Waals surface area contributed by atoms with Crippen LogP contribution in [0.15, 0.2) is 30.3 Å². The van der Waals surface area contributed by atoms with Gasteiger partial charge in [-0.2, -0.15) is 0 Å². The third-order valence-electron chi connectivity index (χ3n) is 2.04. The molecule has 1 aromatic rings. The topological polar surface area (TPSA) is 55.8 Å². The number of esters is 1. The molecule has 0 aliphatic heterocycles. The molecule has 0 saturated heterocycles. The molecule has 1 aromatic carbocycles. The molecule has 0 bridgehead atoms. The van der Waals surface area contributed by atoms with Crippen molar-refractivity contribution in [3.8, 4) is 0 Å². The van der Waals surface area contributed by atoms with Crippen LogP contribution in [0, 0.1) is 0 Å². The lowest BCUT2D eigenvalue weighted by atomic mass is 10.2. The number of aliphatic hydroxyl groups excluding tert-OH is 1. The average Bonchev–Trinajstić information content (AvgIpc) is 2.33. The first-order chi connectivity index (χ1) is 8.38. The number of carbonyl (C=O) groups excluding carboxylic acids is 1. The van der Waals surface area contributed by atoms with Crippen LogP contribution >= 0.6 is 22.6 Å². The van der Waals surface area contributed by atoms with Crippen LogP contribution in [0.2, 0.25) is 0 Å². The van der Waals surface area contributed by atoms with E-state index in [9.17, 15) is 9.90 Å². The van der Waals surface area contributed by atoms with Crippen molar-refractivity contribution < 1.29 is 19.4 Å². The smallest absolute Gasteiger partial charge is 0.338 e. The van der Waals surface area contributed by atoms with Gasteiger partial charge in [-0.3, -0.25) is 0 Å². The Morgan fingerprint density at radius 3 is 2.50 bits per heavy atom. The number of rotatable bonds is 6. The van der Waals surface area contributed by atoms with E-state index in [2.05, 4.69) is 22.6 Å². The van der Waals surface area contributed by atoms with Crippen molar-refractivity contribution in [2.45, 2.75) is 23.6 Å². The fraction of sp³-hybridized carbons (Fsp3) is 0.462. The molecule has 4 nitrogen and oxygen atoms in total. The summed E-state index contributed by atoms with van der Waals surface area (Å²) < 4.78 is 10.0. The summed E-state index contributed by atoms with van der Waals surface area (Å²) in [6.07, 6.45) is -0.813. The third-order valence-corrected chi connectivity index (χ3v) is 2.35. The van der Waals surface area contributed by atoms with E-state index in [1.54, 1.807) is 24.3 Å². The molecular formula is C13H17IO4. The minimum Gasteiger partial charge on any atom is -0.459 e. The molecular weight excluding hydrogens is 347 g/mol. The van der Waals surface area contributed by atoms with Gasteiger partial charge in [0, 0.05) is 0 Å². The minimum atomic E-state index is -0.813. The van der Waals surface area contributed by atoms with Gasteiger partial charge in [-0.05, 0) is 48.6 Å². The summed E-state index contributed by atoms with van der Waals surface area (Å²) in [5.41, 5.74) is 0.472. The van der Waals surface area contributed by atoms with Crippen molar-refractivity contribution in [1.29, 1.82) is 0 Å². The van der Waals surface area contributed by atoms with Gasteiger partial charge in [-0.15, -0.1) is 0 Å². The van der Waals surface area contributed by atoms with Crippen LogP contribution in [0.25, 0.3) is 0 Å². The Balaban J connectivity index is 2.31. The zero-order valence-electron chi connectivity index (χ0n) is 10.4. The highest BCUT2D eigenvalue weighted by Crippen LogP contribution is 2.18. The molecule has 1 atom stereocenters. The lowest BCUT2D eigenvalue weighted by Gasteiger charge is -2.20. The van der Waals surface area contributed by atoms with E-state index in [1.807, 2.05) is 19.9 Å². The molecule has 1 rings (SSSR count). The molecule has 0 heterocycles. The van der Waals surface area contributed by atoms with Gasteiger partial charge >= 0.3 is 5.97 Å². The second-order valence-corrected chi connectivity index (χ2v) is 6.89. The van der Waals surface area contributed by atoms with Gasteiger partial charge in [0.2, 0.25) is 0 Å². The van der Waals surface area contributed by atoms with Crippen LogP contribution in [0.1, 0.15) is 24.2 Å². The quantitative estimate of drug-likeness (QED) is 0.479. The maximum Gasteiger partial charge on any atom is 0.338 e. The molecule has 0 fully saturated rings. The Morgan fingerprint density at radius 2 is 1.94 bits per heavy atom. The molecule has 0 saturated carbocycles. The molecule has 0 aromatic heterocycles. The molecule has 18 heavy (non-hydrogen) atoms. The van der Waals surface area contributed by atoms with Gasteiger partial charge in [0.1, 0.15) is 16.3 Å². The Hall–Kier alpha value is -0.660. The van der Waals surface area contributed by atoms with Crippen LogP contribution in [0.5, 0.6) is 0 Å². The van der Waals surface area contributed by atoms with Crippen LogP contribution in [0.4, 0.5) is 0 Å². The van der Waals surface area contributed by atoms with E-state index in [0.29, 0.717) is 5.56 Å². The Morgan fingerprint density at radius 1 is 1.33 bits per heavy atom. The van der Waals surface area contributed by atoms with Crippen LogP contribution in [0.3, 0.4) is 0 Å². The maximum atomic E-state index is 11.6. The molecule has 5 heteroatoms. The number of carbonyl (C=O) groups is 1. The summed E-state index contributed by atoms with van der Waals surface area (Å²) in [7, 11) is 0. The number of ether oxygens (including phenoxy) is 2. The number of alkyl halides is 1. The molecule has 0 aliphatic carbocycles. The summed E-state index contributed by atoms with van der Waals surface area (Å²) in [5, 5.41) is 9.60. The normalized spacial score (nSPS) is 13.1. The summed E-state index contributed by atoms with van der Waals surface area (Å²) in [4.78, 5) is 11.6. The molecule has 0 radical (unpaired) electrons. The second-order valence-electron chi connectivity index (χ2n) is 4.29. The van der Waals surface area contributed by atoms with E-state index in [0.717, 1.165) is 0 Å². The van der Waals surface area contributed by atoms with Gasteiger partial charge in [0.25, 0.3) is 0 Å². The lowest BCUT2D eigenvalue weighted by Crippen LogP contribution is -2.28. The van der Waals surface area contributed by atoms with Crippen molar-refractivity contribution in [3.05, 3.63) is 35.9 Å². The van der Waals surface area contributed by atoms with Crippen molar-refractivity contribution in [2.24, 2.45) is 0 Å². The minimum absolute atomic E-state index is 0.0690. The van der Waals surface area contributed by atoms with Gasteiger partial charge < -0.3 is 14.6 Å². The second kappa shape index (κ2) is 7.06. The number of aliphatic hydroxyl groups is 1. The molecule has 1 unspecified atom stereocenters. The van der Waals surface area contributed by atoms with E-state index < -0.39 is 12.1 Å². The van der Waals surface area contributed by atoms with Crippen LogP contribution in [-0.4, -0.2) is 34.0 Å². The van der Waals surface area contributed by atoms with Gasteiger partial charge in [0.05, 0.1) is 12.2 Å². The fourth-order valence-corrected chi connectivity index (χ4v) is 1.35. The standard InChI is InChI=1S/C13H17IO4/c1-13(2,14)18-9-11(15)8-17-12(16)10-6-4-3-5-7-10/h3-7,11,15H,8-9H2,1-2H3. The summed E-state index contributed by atoms with van der Waals surface area (Å²) >= 11 is 2.12. The highest BCUT2D eigenvalue weighted by atomic mass is 127. The number of hydrogen-bond donors (Lipinski definition) is 1. The van der Waals surface area contributed by atoms with Gasteiger partial charge in [-0.1, -0.05) is 18.2 Å². The maximum absolute atomic E-state index is 11.6. The SMILES string of the molecule is CC(C)(I)OCC(O)COC(=O)c1ccccc1. The predicted molar refractivity (Wildman–Crippen MR) is 76.8 cm³/mol. The monoisotopic (exact) mass is 364 g/mol. The van der Waals surface area contributed by atoms with Crippen LogP contribution < -0.4 is 0 Å². The van der Waals surface area contributed by atoms with Crippen LogP contribution in [-0.2, 0) is 9.47 Å². The average molecular weight is 364 g/mol. The van der Waals surface area contributed by atoms with Crippen molar-refractivity contribution >= 4 is 28.6 Å². The largest absolute Gasteiger partial charge is 0.459 e. The predicted octanol–water partition coefficient (Wildman–Crippen LogP) is 2.39. The zero-order valence-corrected chi connectivity index (χ0v) is 12.6. The lowest BCUT2D eigenvalue weighted by molar-refractivity contribution is -0.0318. The number of benzene rings is 1. The Bertz CT molecular complexity index is 372. The van der Waals surface area contributed by atoms with Crippen molar-refractivity contribution in [1.82, 2.24) is 0 Å². The number of hydrogen-bond acceptors (Lipinski definition) is 4. The Labute approximate surface area is 120 Å². The fourth-order valence-electron chi connectivity index (χ4n) is 1.17. The van der Waals surface area contributed by atoms with E-state index in [4.69, 9.17) is 9.47 Å². The van der Waals surface area contributed by atoms with Crippen molar-refractivity contribution in [3.63, 3.8) is 0 Å². The highest BCUT2D eigenvalue weighted by molar-refractivity contribution is 14.1. The Kier molecular flexibility index (Phi) is 6.04. The van der Waals surface area contributed by atoms with E-state index in [-0.39, 0.29) is 16.8 Å². The first-order valence-corrected chi connectivity index (χ1v) is 6.69. The number of halogens is 1. The van der Waals surface area contributed by atoms with Gasteiger partial charge in [-0.25, -0.2) is 4.79 Å². The zero-order chi connectivity index (χ0) is 13.6. The summed E-state index contributed by atoms with van der Waals surface area (Å²) in [6, 6.07) is 8.67. The van der Waals surface area contributed by atoms with Crippen molar-refractivity contribution in [2.75, 3.05) is 13.2 Å². The molecule has 0 amide bonds. The van der Waals surface area contributed by atoms with Gasteiger partial charge in [0.15, 0.2) is 0 Å². The van der Waals surface area contributed by atoms with E-state index >= 15 is 0 Å². The molecule has 0 aliphatic rings. The summed E-state index contributed by atoms with van der Waals surface area (Å²) in [5.74, 6) is -0.441. The third kappa shape index (κ3) is 6.32.